The summed E-state index contributed by atoms with van der Waals surface area (Å²) in [5.41, 5.74) is 3.86. The van der Waals surface area contributed by atoms with E-state index in [1.807, 2.05) is 42.5 Å². The van der Waals surface area contributed by atoms with Crippen LogP contribution in [0.3, 0.4) is 0 Å². The van der Waals surface area contributed by atoms with Crippen LogP contribution in [0.25, 0.3) is 11.1 Å². The second kappa shape index (κ2) is 7.13. The zero-order valence-electron chi connectivity index (χ0n) is 14.5. The lowest BCUT2D eigenvalue weighted by molar-refractivity contribution is 0.578. The Labute approximate surface area is 156 Å². The second-order valence-corrected chi connectivity index (χ2v) is 6.51. The van der Waals surface area contributed by atoms with Gasteiger partial charge in [0.15, 0.2) is 0 Å². The van der Waals surface area contributed by atoms with Crippen LogP contribution in [0.1, 0.15) is 35.6 Å². The van der Waals surface area contributed by atoms with Gasteiger partial charge in [-0.05, 0) is 53.8 Å². The molecule has 4 heteroatoms. The minimum absolute atomic E-state index is 0.0438. The van der Waals surface area contributed by atoms with Gasteiger partial charge >= 0.3 is 0 Å². The molecule has 132 valence electrons. The minimum Gasteiger partial charge on any atom is -0.281 e. The largest absolute Gasteiger partial charge is 0.281 e. The first-order valence-electron chi connectivity index (χ1n) is 8.78. The topological polar surface area (TPSA) is 36.1 Å². The van der Waals surface area contributed by atoms with Crippen molar-refractivity contribution in [1.29, 1.82) is 5.26 Å². The highest BCUT2D eigenvalue weighted by molar-refractivity contribution is 6.02. The predicted octanol–water partition coefficient (Wildman–Crippen LogP) is 5.83. The van der Waals surface area contributed by atoms with Gasteiger partial charge in [0, 0.05) is 5.71 Å². The first-order valence-corrected chi connectivity index (χ1v) is 8.78. The highest BCUT2D eigenvalue weighted by atomic mass is 19.1. The summed E-state index contributed by atoms with van der Waals surface area (Å²) < 4.78 is 28.3. The molecule has 2 nitrogen and oxygen atoms in total. The molecule has 0 fully saturated rings. The van der Waals surface area contributed by atoms with Crippen molar-refractivity contribution < 1.29 is 8.78 Å². The number of benzene rings is 3. The molecule has 0 saturated heterocycles. The summed E-state index contributed by atoms with van der Waals surface area (Å²) in [5.74, 6) is -1.19. The molecule has 4 rings (SSSR count). The number of rotatable bonds is 3. The molecule has 0 aromatic heterocycles. The van der Waals surface area contributed by atoms with Crippen molar-refractivity contribution in [3.63, 3.8) is 0 Å². The van der Waals surface area contributed by atoms with E-state index in [-0.39, 0.29) is 11.6 Å². The molecule has 1 aliphatic heterocycles. The van der Waals surface area contributed by atoms with Gasteiger partial charge in [0.2, 0.25) is 0 Å². The normalized spacial score (nSPS) is 16.0. The number of nitriles is 1. The third-order valence-electron chi connectivity index (χ3n) is 4.84. The Morgan fingerprint density at radius 2 is 1.67 bits per heavy atom. The van der Waals surface area contributed by atoms with Crippen LogP contribution in [-0.2, 0) is 0 Å². The Balaban J connectivity index is 1.80. The Morgan fingerprint density at radius 1 is 0.926 bits per heavy atom. The van der Waals surface area contributed by atoms with Gasteiger partial charge in [-0.25, -0.2) is 8.78 Å². The molecule has 0 radical (unpaired) electrons. The van der Waals surface area contributed by atoms with Crippen molar-refractivity contribution >= 4 is 5.71 Å². The van der Waals surface area contributed by atoms with Gasteiger partial charge in [0.25, 0.3) is 0 Å². The lowest BCUT2D eigenvalue weighted by atomic mass is 9.92. The summed E-state index contributed by atoms with van der Waals surface area (Å²) in [7, 11) is 0. The Morgan fingerprint density at radius 3 is 2.37 bits per heavy atom. The molecule has 0 aliphatic carbocycles. The van der Waals surface area contributed by atoms with Crippen LogP contribution in [0.15, 0.2) is 71.7 Å². The maximum absolute atomic E-state index is 14.1. The summed E-state index contributed by atoms with van der Waals surface area (Å²) in [6, 6.07) is 21.2. The highest BCUT2D eigenvalue weighted by Gasteiger charge is 2.26. The van der Waals surface area contributed by atoms with Crippen LogP contribution >= 0.6 is 0 Å². The van der Waals surface area contributed by atoms with Crippen LogP contribution < -0.4 is 0 Å². The van der Waals surface area contributed by atoms with Crippen molar-refractivity contribution in [3.05, 3.63) is 95.1 Å². The molecule has 1 unspecified atom stereocenters. The van der Waals surface area contributed by atoms with Gasteiger partial charge in [-0.15, -0.1) is 0 Å². The van der Waals surface area contributed by atoms with Crippen LogP contribution in [0, 0.1) is 23.0 Å². The molecular formula is C23H16F2N2. The maximum Gasteiger partial charge on any atom is 0.135 e. The van der Waals surface area contributed by atoms with E-state index in [2.05, 4.69) is 11.1 Å². The summed E-state index contributed by atoms with van der Waals surface area (Å²) in [4.78, 5) is 4.64. The van der Waals surface area contributed by atoms with Crippen molar-refractivity contribution in [3.8, 4) is 17.2 Å². The average molecular weight is 358 g/mol. The van der Waals surface area contributed by atoms with E-state index in [4.69, 9.17) is 0 Å². The zero-order valence-corrected chi connectivity index (χ0v) is 14.5. The fourth-order valence-corrected chi connectivity index (χ4v) is 3.57. The van der Waals surface area contributed by atoms with E-state index >= 15 is 0 Å². The number of halogens is 2. The highest BCUT2D eigenvalue weighted by Crippen LogP contribution is 2.38. The van der Waals surface area contributed by atoms with Crippen LogP contribution in [0.4, 0.5) is 8.78 Å². The predicted molar refractivity (Wildman–Crippen MR) is 101 cm³/mol. The van der Waals surface area contributed by atoms with Crippen LogP contribution in [0.2, 0.25) is 0 Å². The van der Waals surface area contributed by atoms with Crippen LogP contribution in [-0.4, -0.2) is 5.71 Å². The van der Waals surface area contributed by atoms with Crippen molar-refractivity contribution in [2.75, 3.05) is 0 Å². The van der Waals surface area contributed by atoms with E-state index < -0.39 is 11.6 Å². The average Bonchev–Trinajstić information content (AvgIpc) is 3.17. The van der Waals surface area contributed by atoms with E-state index in [0.717, 1.165) is 16.7 Å². The van der Waals surface area contributed by atoms with E-state index in [0.29, 0.717) is 24.1 Å². The van der Waals surface area contributed by atoms with Crippen molar-refractivity contribution in [1.82, 2.24) is 0 Å². The van der Waals surface area contributed by atoms with Gasteiger partial charge in [-0.1, -0.05) is 42.5 Å². The molecule has 0 spiro atoms. The van der Waals surface area contributed by atoms with Gasteiger partial charge in [0.1, 0.15) is 11.6 Å². The van der Waals surface area contributed by atoms with Crippen LogP contribution in [0.5, 0.6) is 0 Å². The number of hydrogen-bond acceptors (Lipinski definition) is 2. The van der Waals surface area contributed by atoms with Gasteiger partial charge < -0.3 is 0 Å². The third kappa shape index (κ3) is 3.24. The zero-order chi connectivity index (χ0) is 18.8. The molecule has 0 saturated carbocycles. The standard InChI is InChI=1S/C23H16F2N2/c24-19-7-4-8-20(25)23(19)22-12-11-21(27-22)18-13-15(14-26)9-10-17(18)16-5-2-1-3-6-16/h1-10,13,21H,11-12H2. The van der Waals surface area contributed by atoms with Gasteiger partial charge in [-0.2, -0.15) is 5.26 Å². The lowest BCUT2D eigenvalue weighted by Gasteiger charge is -2.14. The molecule has 1 heterocycles. The van der Waals surface area contributed by atoms with Crippen molar-refractivity contribution in [2.24, 2.45) is 4.99 Å². The molecule has 0 amide bonds. The van der Waals surface area contributed by atoms with E-state index in [9.17, 15) is 14.0 Å². The maximum atomic E-state index is 14.1. The molecule has 0 N–H and O–H groups in total. The smallest absolute Gasteiger partial charge is 0.135 e. The summed E-state index contributed by atoms with van der Waals surface area (Å²) in [6.45, 7) is 0. The number of nitrogens with zero attached hydrogens (tertiary/aromatic N) is 2. The number of aliphatic imine (C=N–C) groups is 1. The van der Waals surface area contributed by atoms with E-state index in [1.54, 1.807) is 6.07 Å². The Hall–Kier alpha value is -3.32. The second-order valence-electron chi connectivity index (χ2n) is 6.51. The first-order chi connectivity index (χ1) is 13.2. The molecule has 1 atom stereocenters. The fourth-order valence-electron chi connectivity index (χ4n) is 3.57. The van der Waals surface area contributed by atoms with Crippen molar-refractivity contribution in [2.45, 2.75) is 18.9 Å². The Kier molecular flexibility index (Phi) is 4.52. The summed E-state index contributed by atoms with van der Waals surface area (Å²) in [5, 5.41) is 9.28. The molecule has 0 bridgehead atoms. The van der Waals surface area contributed by atoms with E-state index in [1.165, 1.54) is 18.2 Å². The monoisotopic (exact) mass is 358 g/mol. The number of hydrogen-bond donors (Lipinski definition) is 0. The lowest BCUT2D eigenvalue weighted by Crippen LogP contribution is -2.03. The molecular weight excluding hydrogens is 342 g/mol. The third-order valence-corrected chi connectivity index (χ3v) is 4.84. The first kappa shape index (κ1) is 17.1. The molecule has 1 aliphatic rings. The SMILES string of the molecule is N#Cc1ccc(-c2ccccc2)c(C2CCC(c3c(F)cccc3F)=N2)c1. The fraction of sp³-hybridized carbons (Fsp3) is 0.130. The quantitative estimate of drug-likeness (QED) is 0.580. The molecule has 3 aromatic carbocycles. The van der Waals surface area contributed by atoms with Gasteiger partial charge in [0.05, 0.1) is 23.2 Å². The summed E-state index contributed by atoms with van der Waals surface area (Å²) in [6.07, 6.45) is 1.14. The summed E-state index contributed by atoms with van der Waals surface area (Å²) >= 11 is 0. The molecule has 27 heavy (non-hydrogen) atoms. The Bertz CT molecular complexity index is 1050. The minimum atomic E-state index is -0.594. The van der Waals surface area contributed by atoms with Gasteiger partial charge in [-0.3, -0.25) is 4.99 Å². The molecule has 3 aromatic rings.